The second-order valence-electron chi connectivity index (χ2n) is 4.45. The number of nitrogens with zero attached hydrogens (tertiary/aromatic N) is 1. The highest BCUT2D eigenvalue weighted by Gasteiger charge is 2.40. The van der Waals surface area contributed by atoms with Gasteiger partial charge in [-0.05, 0) is 19.1 Å². The molecule has 0 radical (unpaired) electrons. The average Bonchev–Trinajstić information content (AvgIpc) is 2.91. The topological polar surface area (TPSA) is 110 Å². The molecule has 3 rings (SSSR count). The monoisotopic (exact) mass is 306 g/mol. The Balaban J connectivity index is 2.03. The molecule has 0 aliphatic carbocycles. The molecule has 0 saturated heterocycles. The molecule has 0 bridgehead atoms. The fourth-order valence-electron chi connectivity index (χ4n) is 2.08. The van der Waals surface area contributed by atoms with E-state index >= 15 is 0 Å². The van der Waals surface area contributed by atoms with Gasteiger partial charge in [-0.25, -0.2) is 8.42 Å². The highest BCUT2D eigenvalue weighted by Crippen LogP contribution is 2.37. The molecule has 0 saturated carbocycles. The highest BCUT2D eigenvalue weighted by molar-refractivity contribution is 7.97. The fourth-order valence-corrected chi connectivity index (χ4v) is 3.68. The Bertz CT molecular complexity index is 879. The van der Waals surface area contributed by atoms with Crippen LogP contribution in [0.2, 0.25) is 0 Å². The molecular formula is C13H10N2O5S. The quantitative estimate of drug-likeness (QED) is 0.872. The van der Waals surface area contributed by atoms with Crippen molar-refractivity contribution in [3.8, 4) is 0 Å². The van der Waals surface area contributed by atoms with Crippen molar-refractivity contribution >= 4 is 27.3 Å². The predicted octanol–water partition coefficient (Wildman–Crippen LogP) is 1.64. The maximum absolute atomic E-state index is 12.3. The molecule has 2 heterocycles. The molecule has 0 atom stereocenters. The fraction of sp³-hybridized carbons (Fsp3) is 0.0769. The number of hydrogen-bond donors (Lipinski definition) is 2. The van der Waals surface area contributed by atoms with Crippen LogP contribution >= 0.6 is 0 Å². The van der Waals surface area contributed by atoms with Gasteiger partial charge in [0.2, 0.25) is 9.84 Å². The minimum absolute atomic E-state index is 0.0731. The zero-order chi connectivity index (χ0) is 15.2. The van der Waals surface area contributed by atoms with Crippen molar-refractivity contribution in [3.63, 3.8) is 0 Å². The molecule has 1 amide bonds. The van der Waals surface area contributed by atoms with Crippen molar-refractivity contribution in [1.82, 2.24) is 5.16 Å². The number of aryl methyl sites for hydroxylation is 1. The van der Waals surface area contributed by atoms with Gasteiger partial charge in [0.15, 0.2) is 10.7 Å². The number of nitrogens with one attached hydrogen (secondary N) is 1. The molecule has 2 aromatic rings. The summed E-state index contributed by atoms with van der Waals surface area (Å²) in [5, 5.41) is 15.9. The first-order chi connectivity index (χ1) is 9.91. The van der Waals surface area contributed by atoms with Gasteiger partial charge in [0.05, 0.1) is 4.90 Å². The summed E-state index contributed by atoms with van der Waals surface area (Å²) in [5.74, 6) is -0.995. The lowest BCUT2D eigenvalue weighted by Gasteiger charge is -2.02. The summed E-state index contributed by atoms with van der Waals surface area (Å²) >= 11 is 0. The van der Waals surface area contributed by atoms with E-state index in [1.165, 1.54) is 24.3 Å². The van der Waals surface area contributed by atoms with Gasteiger partial charge in [-0.2, -0.15) is 0 Å². The molecule has 2 N–H and O–H groups in total. The lowest BCUT2D eigenvalue weighted by Crippen LogP contribution is -2.19. The Morgan fingerprint density at radius 3 is 2.67 bits per heavy atom. The SMILES string of the molecule is Cc1cc(NC(=O)C2=C(O)c3ccccc3S2(=O)=O)no1. The molecule has 7 nitrogen and oxygen atoms in total. The normalized spacial score (nSPS) is 15.9. The first kappa shape index (κ1) is 13.4. The van der Waals surface area contributed by atoms with Crippen molar-refractivity contribution in [3.05, 3.63) is 46.6 Å². The molecule has 1 aliphatic rings. The second kappa shape index (κ2) is 4.45. The third-order valence-electron chi connectivity index (χ3n) is 2.99. The van der Waals surface area contributed by atoms with Crippen LogP contribution in [0.3, 0.4) is 0 Å². The van der Waals surface area contributed by atoms with Crippen LogP contribution in [0, 0.1) is 6.92 Å². The summed E-state index contributed by atoms with van der Waals surface area (Å²) in [5.41, 5.74) is 0.110. The highest BCUT2D eigenvalue weighted by atomic mass is 32.2. The number of rotatable bonds is 2. The van der Waals surface area contributed by atoms with Crippen molar-refractivity contribution in [2.75, 3.05) is 5.32 Å². The molecule has 0 fully saturated rings. The van der Waals surface area contributed by atoms with E-state index in [4.69, 9.17) is 4.52 Å². The zero-order valence-electron chi connectivity index (χ0n) is 10.8. The molecule has 108 valence electrons. The van der Waals surface area contributed by atoms with Gasteiger partial charge in [-0.3, -0.25) is 4.79 Å². The van der Waals surface area contributed by atoms with Crippen LogP contribution in [-0.4, -0.2) is 24.6 Å². The van der Waals surface area contributed by atoms with E-state index in [9.17, 15) is 18.3 Å². The number of hydrogen-bond acceptors (Lipinski definition) is 6. The van der Waals surface area contributed by atoms with Crippen LogP contribution in [-0.2, 0) is 14.6 Å². The maximum atomic E-state index is 12.3. The molecule has 0 unspecified atom stereocenters. The van der Waals surface area contributed by atoms with Crippen molar-refractivity contribution < 1.29 is 22.8 Å². The number of sulfone groups is 1. The Kier molecular flexibility index (Phi) is 2.84. The third-order valence-corrected chi connectivity index (χ3v) is 4.84. The summed E-state index contributed by atoms with van der Waals surface area (Å²) in [6.07, 6.45) is 0. The number of benzene rings is 1. The van der Waals surface area contributed by atoms with E-state index in [0.717, 1.165) is 0 Å². The number of carbonyl (C=O) groups is 1. The third kappa shape index (κ3) is 2.00. The first-order valence-electron chi connectivity index (χ1n) is 5.93. The van der Waals surface area contributed by atoms with Gasteiger partial charge in [0.1, 0.15) is 11.5 Å². The number of aromatic nitrogens is 1. The largest absolute Gasteiger partial charge is 0.506 e. The van der Waals surface area contributed by atoms with E-state index in [2.05, 4.69) is 10.5 Å². The standard InChI is InChI=1S/C13H10N2O5S/c1-7-6-10(15-20-7)14-13(17)12-11(16)8-4-2-3-5-9(8)21(12,18)19/h2-6,16H,1H3,(H,14,15,17). The van der Waals surface area contributed by atoms with Crippen LogP contribution in [0.5, 0.6) is 0 Å². The molecule has 1 aromatic heterocycles. The Labute approximate surface area is 119 Å². The first-order valence-corrected chi connectivity index (χ1v) is 7.42. The molecule has 1 aliphatic heterocycles. The predicted molar refractivity (Wildman–Crippen MR) is 73.0 cm³/mol. The minimum Gasteiger partial charge on any atom is -0.506 e. The molecule has 1 aromatic carbocycles. The van der Waals surface area contributed by atoms with Crippen molar-refractivity contribution in [2.24, 2.45) is 0 Å². The van der Waals surface area contributed by atoms with Crippen molar-refractivity contribution in [1.29, 1.82) is 0 Å². The van der Waals surface area contributed by atoms with Crippen LogP contribution in [0.15, 0.2) is 44.7 Å². The molecule has 21 heavy (non-hydrogen) atoms. The summed E-state index contributed by atoms with van der Waals surface area (Å²) in [6.45, 7) is 1.63. The van der Waals surface area contributed by atoms with E-state index in [0.29, 0.717) is 5.76 Å². The van der Waals surface area contributed by atoms with Crippen LogP contribution in [0.1, 0.15) is 11.3 Å². The van der Waals surface area contributed by atoms with Crippen LogP contribution in [0.25, 0.3) is 5.76 Å². The Morgan fingerprint density at radius 1 is 1.33 bits per heavy atom. The summed E-state index contributed by atoms with van der Waals surface area (Å²) in [6, 6.07) is 7.30. The van der Waals surface area contributed by atoms with E-state index in [-0.39, 0.29) is 16.3 Å². The van der Waals surface area contributed by atoms with Crippen molar-refractivity contribution in [2.45, 2.75) is 11.8 Å². The number of aliphatic hydroxyl groups is 1. The number of amides is 1. The smallest absolute Gasteiger partial charge is 0.272 e. The lowest BCUT2D eigenvalue weighted by atomic mass is 10.2. The number of anilines is 1. The zero-order valence-corrected chi connectivity index (χ0v) is 11.6. The van der Waals surface area contributed by atoms with Gasteiger partial charge in [-0.15, -0.1) is 0 Å². The van der Waals surface area contributed by atoms with Gasteiger partial charge >= 0.3 is 0 Å². The summed E-state index contributed by atoms with van der Waals surface area (Å²) in [4.78, 5) is 11.3. The van der Waals surface area contributed by atoms with E-state index in [1.54, 1.807) is 13.0 Å². The summed E-state index contributed by atoms with van der Waals surface area (Å²) in [7, 11) is -4.05. The Morgan fingerprint density at radius 2 is 2.05 bits per heavy atom. The second-order valence-corrected chi connectivity index (χ2v) is 6.31. The number of aliphatic hydroxyl groups excluding tert-OH is 1. The molecule has 0 spiro atoms. The number of fused-ring (bicyclic) bond motifs is 1. The van der Waals surface area contributed by atoms with Crippen LogP contribution < -0.4 is 5.32 Å². The molecule has 8 heteroatoms. The molecular weight excluding hydrogens is 296 g/mol. The van der Waals surface area contributed by atoms with Gasteiger partial charge in [0, 0.05) is 11.6 Å². The Hall–Kier alpha value is -2.61. The maximum Gasteiger partial charge on any atom is 0.272 e. The van der Waals surface area contributed by atoms with E-state index in [1.807, 2.05) is 0 Å². The number of carbonyl (C=O) groups excluding carboxylic acids is 1. The van der Waals surface area contributed by atoms with E-state index < -0.39 is 26.4 Å². The summed E-state index contributed by atoms with van der Waals surface area (Å²) < 4.78 is 29.4. The van der Waals surface area contributed by atoms with Crippen LogP contribution in [0.4, 0.5) is 5.82 Å². The average molecular weight is 306 g/mol. The van der Waals surface area contributed by atoms with Gasteiger partial charge in [-0.1, -0.05) is 17.3 Å². The minimum atomic E-state index is -4.05. The van der Waals surface area contributed by atoms with Gasteiger partial charge in [0.25, 0.3) is 5.91 Å². The lowest BCUT2D eigenvalue weighted by molar-refractivity contribution is -0.112. The van der Waals surface area contributed by atoms with Gasteiger partial charge < -0.3 is 14.9 Å².